The Morgan fingerprint density at radius 2 is 2.10 bits per heavy atom. The quantitative estimate of drug-likeness (QED) is 0.447. The van der Waals surface area contributed by atoms with Gasteiger partial charge in [-0.1, -0.05) is 11.6 Å². The second-order valence-electron chi connectivity index (χ2n) is 6.89. The molecule has 152 valence electrons. The molecule has 30 heavy (non-hydrogen) atoms. The molecule has 0 aliphatic carbocycles. The topological polar surface area (TPSA) is 63.9 Å². The molecule has 6 nitrogen and oxygen atoms in total. The zero-order chi connectivity index (χ0) is 21.9. The van der Waals surface area contributed by atoms with Crippen LogP contribution in [0, 0.1) is 11.6 Å². The van der Waals surface area contributed by atoms with Gasteiger partial charge in [0.15, 0.2) is 16.7 Å². The molecule has 2 aromatic carbocycles. The Kier molecular flexibility index (Phi) is 4.24. The molecule has 1 aliphatic rings. The number of fused-ring (bicyclic) bond motifs is 2. The molecule has 10 heteroatoms. The van der Waals surface area contributed by atoms with Crippen LogP contribution in [0.25, 0.3) is 21.0 Å². The Balaban J connectivity index is 1.47. The number of hydrogen-bond acceptors (Lipinski definition) is 5. The van der Waals surface area contributed by atoms with Gasteiger partial charge in [0.1, 0.15) is 11.6 Å². The zero-order valence-corrected chi connectivity index (χ0v) is 17.1. The van der Waals surface area contributed by atoms with Gasteiger partial charge in [-0.3, -0.25) is 4.79 Å². The number of carbonyl (C=O) groups excluding carboxylic acids is 1. The number of benzene rings is 2. The van der Waals surface area contributed by atoms with Crippen LogP contribution in [0.1, 0.15) is 30.5 Å². The average molecular weight is 447 g/mol. The van der Waals surface area contributed by atoms with Gasteiger partial charge in [0.2, 0.25) is 0 Å². The maximum absolute atomic E-state index is 13.8. The number of amides is 1. The van der Waals surface area contributed by atoms with Crippen molar-refractivity contribution < 1.29 is 14.9 Å². The Morgan fingerprint density at radius 3 is 2.90 bits per heavy atom. The molecule has 1 atom stereocenters. The first kappa shape index (κ1) is 17.9. The van der Waals surface area contributed by atoms with E-state index in [2.05, 4.69) is 15.2 Å². The minimum absolute atomic E-state index is 0.00651. The Morgan fingerprint density at radius 1 is 1.27 bits per heavy atom. The van der Waals surface area contributed by atoms with E-state index in [9.17, 15) is 13.6 Å². The molecule has 4 aromatic rings. The van der Waals surface area contributed by atoms with E-state index in [1.165, 1.54) is 35.6 Å². The molecule has 3 heterocycles. The predicted octanol–water partition coefficient (Wildman–Crippen LogP) is 4.70. The summed E-state index contributed by atoms with van der Waals surface area (Å²) in [7, 11) is 0. The first-order valence-electron chi connectivity index (χ1n) is 9.59. The van der Waals surface area contributed by atoms with Gasteiger partial charge in [-0.25, -0.2) is 13.8 Å². The highest BCUT2D eigenvalue weighted by Gasteiger charge is 2.32. The van der Waals surface area contributed by atoms with Gasteiger partial charge in [-0.05, 0) is 43.3 Å². The molecule has 0 spiro atoms. The lowest BCUT2D eigenvalue weighted by Gasteiger charge is -2.33. The maximum Gasteiger partial charge on any atom is 0.254 e. The highest BCUT2D eigenvalue weighted by Crippen LogP contribution is 2.35. The standard InChI is InChI=1S/C20H14ClF2N5OS/c1-10-17-25-26-18(19-24-15-8-13(21)14(23)9-16(15)30-19)28(17)7-6-27(10)20(29)11-2-4-12(22)5-3-11/h2-5,8-10H,6-7H2,1H3/t10-/m1/s1/i4D. The van der Waals surface area contributed by atoms with Crippen molar-refractivity contribution >= 4 is 39.1 Å². The van der Waals surface area contributed by atoms with Gasteiger partial charge < -0.3 is 9.47 Å². The number of rotatable bonds is 2. The highest BCUT2D eigenvalue weighted by molar-refractivity contribution is 7.21. The first-order valence-corrected chi connectivity index (χ1v) is 10.3. The summed E-state index contributed by atoms with van der Waals surface area (Å²) in [5.41, 5.74) is 0.823. The SMILES string of the molecule is [2H]c1cc(C(=O)N2CCn3c(-c4nc5cc(Cl)c(F)cc5s4)nnc3[C@H]2C)ccc1F. The Labute approximate surface area is 180 Å². The van der Waals surface area contributed by atoms with Crippen LogP contribution in [0.15, 0.2) is 36.4 Å². The summed E-state index contributed by atoms with van der Waals surface area (Å²) in [6.45, 7) is 2.65. The largest absolute Gasteiger partial charge is 0.327 e. The van der Waals surface area contributed by atoms with Crippen LogP contribution in [0.4, 0.5) is 8.78 Å². The Hall–Kier alpha value is -2.91. The van der Waals surface area contributed by atoms with Gasteiger partial charge in [0, 0.05) is 18.7 Å². The van der Waals surface area contributed by atoms with E-state index < -0.39 is 11.6 Å². The minimum atomic E-state index is -0.676. The van der Waals surface area contributed by atoms with Gasteiger partial charge in [0.25, 0.3) is 5.91 Å². The molecule has 0 bridgehead atoms. The number of thiazole rings is 1. The highest BCUT2D eigenvalue weighted by atomic mass is 35.5. The lowest BCUT2D eigenvalue weighted by atomic mass is 10.1. The number of nitrogens with zero attached hydrogens (tertiary/aromatic N) is 5. The number of carbonyl (C=O) groups is 1. The lowest BCUT2D eigenvalue weighted by molar-refractivity contribution is 0.0638. The fourth-order valence-electron chi connectivity index (χ4n) is 3.54. The van der Waals surface area contributed by atoms with E-state index in [4.69, 9.17) is 13.0 Å². The summed E-state index contributed by atoms with van der Waals surface area (Å²) in [4.78, 5) is 19.1. The number of hydrogen-bond donors (Lipinski definition) is 0. The third-order valence-corrected chi connectivity index (χ3v) is 6.39. The van der Waals surface area contributed by atoms with E-state index in [0.29, 0.717) is 40.0 Å². The van der Waals surface area contributed by atoms with Crippen molar-refractivity contribution in [2.45, 2.75) is 19.5 Å². The summed E-state index contributed by atoms with van der Waals surface area (Å²) in [5.74, 6) is -0.355. The van der Waals surface area contributed by atoms with E-state index in [-0.39, 0.29) is 28.6 Å². The molecular formula is C20H14ClF2N5OS. The van der Waals surface area contributed by atoms with E-state index in [1.54, 1.807) is 4.90 Å². The number of aromatic nitrogens is 4. The smallest absolute Gasteiger partial charge is 0.254 e. The molecule has 0 fully saturated rings. The first-order chi connectivity index (χ1) is 14.8. The molecular weight excluding hydrogens is 432 g/mol. The summed E-state index contributed by atoms with van der Waals surface area (Å²) in [6, 6.07) is 5.83. The van der Waals surface area contributed by atoms with Crippen molar-refractivity contribution in [2.24, 2.45) is 0 Å². The van der Waals surface area contributed by atoms with Gasteiger partial charge in [-0.15, -0.1) is 21.5 Å². The van der Waals surface area contributed by atoms with Crippen molar-refractivity contribution in [1.82, 2.24) is 24.6 Å². The second kappa shape index (κ2) is 7.10. The molecule has 1 amide bonds. The van der Waals surface area contributed by atoms with Crippen LogP contribution in [0.3, 0.4) is 0 Å². The normalized spacial score (nSPS) is 16.6. The van der Waals surface area contributed by atoms with Crippen molar-refractivity contribution in [1.29, 1.82) is 0 Å². The van der Waals surface area contributed by atoms with Crippen LogP contribution >= 0.6 is 22.9 Å². The molecule has 2 aromatic heterocycles. The summed E-state index contributed by atoms with van der Waals surface area (Å²) in [6.07, 6.45) is 0. The summed E-state index contributed by atoms with van der Waals surface area (Å²) < 4.78 is 37.3. The van der Waals surface area contributed by atoms with Gasteiger partial charge in [-0.2, -0.15) is 0 Å². The molecule has 0 radical (unpaired) electrons. The van der Waals surface area contributed by atoms with Crippen LogP contribution in [0.2, 0.25) is 5.02 Å². The molecule has 0 N–H and O–H groups in total. The third-order valence-electron chi connectivity index (χ3n) is 5.09. The molecule has 0 saturated heterocycles. The second-order valence-corrected chi connectivity index (χ2v) is 8.32. The van der Waals surface area contributed by atoms with E-state index >= 15 is 0 Å². The molecule has 0 unspecified atom stereocenters. The van der Waals surface area contributed by atoms with Crippen molar-refractivity contribution in [3.8, 4) is 10.8 Å². The maximum atomic E-state index is 13.8. The third kappa shape index (κ3) is 3.05. The van der Waals surface area contributed by atoms with Crippen molar-refractivity contribution in [3.63, 3.8) is 0 Å². The Bertz CT molecular complexity index is 1320. The molecule has 0 saturated carbocycles. The number of halogens is 3. The predicted molar refractivity (Wildman–Crippen MR) is 109 cm³/mol. The average Bonchev–Trinajstić information content (AvgIpc) is 3.34. The monoisotopic (exact) mass is 446 g/mol. The lowest BCUT2D eigenvalue weighted by Crippen LogP contribution is -2.41. The van der Waals surface area contributed by atoms with Crippen LogP contribution < -0.4 is 0 Å². The van der Waals surface area contributed by atoms with Crippen LogP contribution in [0.5, 0.6) is 0 Å². The fourth-order valence-corrected chi connectivity index (χ4v) is 4.67. The van der Waals surface area contributed by atoms with Crippen LogP contribution in [-0.4, -0.2) is 37.1 Å². The summed E-state index contributed by atoms with van der Waals surface area (Å²) >= 11 is 7.15. The fraction of sp³-hybridized carbons (Fsp3) is 0.200. The van der Waals surface area contributed by atoms with Crippen molar-refractivity contribution in [3.05, 3.63) is 64.4 Å². The van der Waals surface area contributed by atoms with E-state index in [1.807, 2.05) is 11.5 Å². The van der Waals surface area contributed by atoms with Crippen LogP contribution in [-0.2, 0) is 6.54 Å². The van der Waals surface area contributed by atoms with Crippen molar-refractivity contribution in [2.75, 3.05) is 6.54 Å². The minimum Gasteiger partial charge on any atom is -0.327 e. The van der Waals surface area contributed by atoms with Gasteiger partial charge in [0.05, 0.1) is 22.7 Å². The van der Waals surface area contributed by atoms with E-state index in [0.717, 1.165) is 6.07 Å². The summed E-state index contributed by atoms with van der Waals surface area (Å²) in [5, 5.41) is 9.12. The molecule has 1 aliphatic heterocycles. The molecule has 5 rings (SSSR count). The van der Waals surface area contributed by atoms with Gasteiger partial charge >= 0.3 is 0 Å². The zero-order valence-electron chi connectivity index (χ0n) is 16.6.